The monoisotopic (exact) mass is 400 g/mol. The van der Waals surface area contributed by atoms with Gasteiger partial charge in [0.2, 0.25) is 0 Å². The van der Waals surface area contributed by atoms with Crippen molar-refractivity contribution in [1.29, 1.82) is 0 Å². The fourth-order valence-electron chi connectivity index (χ4n) is 3.24. The molecule has 0 spiro atoms. The number of hydrogen-bond acceptors (Lipinski definition) is 3. The number of nitrogens with one attached hydrogen (secondary N) is 1. The van der Waals surface area contributed by atoms with Gasteiger partial charge in [-0.1, -0.05) is 37.6 Å². The molecule has 1 heterocycles. The lowest BCUT2D eigenvalue weighted by molar-refractivity contribution is -0.140. The molecular weight excluding hydrogens is 376 g/mol. The maximum Gasteiger partial charge on any atom is 0.264 e. The molecule has 2 aromatic carbocycles. The number of hydrogen-bond donors (Lipinski definition) is 1. The normalized spacial score (nSPS) is 17.4. The summed E-state index contributed by atoms with van der Waals surface area (Å²) in [7, 11) is 0. The van der Waals surface area contributed by atoms with Crippen molar-refractivity contribution in [3.05, 3.63) is 58.6 Å². The summed E-state index contributed by atoms with van der Waals surface area (Å²) in [6.07, 6.45) is 0.982. The highest BCUT2D eigenvalue weighted by Crippen LogP contribution is 2.31. The molecule has 0 saturated carbocycles. The average Bonchev–Trinajstić information content (AvgIpc) is 2.84. The van der Waals surface area contributed by atoms with Crippen molar-refractivity contribution in [3.63, 3.8) is 0 Å². The van der Waals surface area contributed by atoms with Gasteiger partial charge in [-0.15, -0.1) is 0 Å². The van der Waals surface area contributed by atoms with Gasteiger partial charge in [0.1, 0.15) is 5.75 Å². The highest BCUT2D eigenvalue weighted by atomic mass is 35.5. The van der Waals surface area contributed by atoms with Gasteiger partial charge in [0.05, 0.1) is 10.6 Å². The number of benzene rings is 2. The van der Waals surface area contributed by atoms with Gasteiger partial charge in [-0.05, 0) is 50.1 Å². The number of carbonyl (C=O) groups is 2. The molecule has 5 nitrogen and oxygen atoms in total. The molecule has 0 bridgehead atoms. The number of halogens is 1. The lowest BCUT2D eigenvalue weighted by atomic mass is 10.1. The van der Waals surface area contributed by atoms with Crippen LogP contribution in [0.5, 0.6) is 5.75 Å². The Labute approximate surface area is 170 Å². The van der Waals surface area contributed by atoms with Crippen LogP contribution in [0.4, 0.5) is 5.69 Å². The van der Waals surface area contributed by atoms with E-state index in [-0.39, 0.29) is 17.9 Å². The van der Waals surface area contributed by atoms with E-state index in [1.165, 1.54) is 0 Å². The van der Waals surface area contributed by atoms with E-state index >= 15 is 0 Å². The summed E-state index contributed by atoms with van der Waals surface area (Å²) in [6, 6.07) is 12.5. The minimum Gasteiger partial charge on any atom is -0.480 e. The number of carbonyl (C=O) groups excluding carboxylic acids is 2. The fraction of sp³-hybridized carbons (Fsp3) is 0.364. The second kappa shape index (κ2) is 8.65. The van der Waals surface area contributed by atoms with Crippen LogP contribution in [0.3, 0.4) is 0 Å². The summed E-state index contributed by atoms with van der Waals surface area (Å²) in [6.45, 7) is 6.50. The van der Waals surface area contributed by atoms with E-state index in [1.54, 1.807) is 30.3 Å². The largest absolute Gasteiger partial charge is 0.480 e. The third kappa shape index (κ3) is 4.14. The molecular formula is C22H25ClN2O3. The van der Waals surface area contributed by atoms with Gasteiger partial charge >= 0.3 is 0 Å². The first-order chi connectivity index (χ1) is 13.4. The third-order valence-corrected chi connectivity index (χ3v) is 5.43. The Kier molecular flexibility index (Phi) is 6.25. The van der Waals surface area contributed by atoms with Crippen LogP contribution in [-0.4, -0.2) is 28.9 Å². The molecule has 28 heavy (non-hydrogen) atoms. The Bertz CT molecular complexity index is 884. The van der Waals surface area contributed by atoms with Crippen LogP contribution in [0.25, 0.3) is 0 Å². The molecule has 0 saturated heterocycles. The molecule has 1 aliphatic heterocycles. The number of nitrogens with zero attached hydrogens (tertiary/aromatic N) is 1. The minimum absolute atomic E-state index is 0.00898. The summed E-state index contributed by atoms with van der Waals surface area (Å²) < 4.78 is 5.98. The van der Waals surface area contributed by atoms with Crippen molar-refractivity contribution in [2.24, 2.45) is 0 Å². The van der Waals surface area contributed by atoms with Crippen molar-refractivity contribution in [2.75, 3.05) is 5.32 Å². The molecule has 2 aromatic rings. The predicted molar refractivity (Wildman–Crippen MR) is 111 cm³/mol. The van der Waals surface area contributed by atoms with Crippen LogP contribution in [0.15, 0.2) is 42.5 Å². The maximum atomic E-state index is 12.8. The zero-order chi connectivity index (χ0) is 20.3. The number of amides is 2. The van der Waals surface area contributed by atoms with E-state index in [2.05, 4.69) is 12.2 Å². The molecule has 2 atom stereocenters. The summed E-state index contributed by atoms with van der Waals surface area (Å²) in [5.74, 6) is 0.415. The minimum atomic E-state index is -0.487. The zero-order valence-electron chi connectivity index (χ0n) is 16.4. The Morgan fingerprint density at radius 2 is 2.04 bits per heavy atom. The number of ether oxygens (including phenoxy) is 1. The summed E-state index contributed by atoms with van der Waals surface area (Å²) in [5.41, 5.74) is 1.93. The fourth-order valence-corrected chi connectivity index (χ4v) is 3.46. The number of rotatable bonds is 5. The van der Waals surface area contributed by atoms with Gasteiger partial charge in [-0.25, -0.2) is 0 Å². The maximum absolute atomic E-state index is 12.8. The molecule has 0 aromatic heterocycles. The molecule has 148 valence electrons. The van der Waals surface area contributed by atoms with Gasteiger partial charge in [0, 0.05) is 23.8 Å². The van der Waals surface area contributed by atoms with Gasteiger partial charge in [0.15, 0.2) is 6.10 Å². The van der Waals surface area contributed by atoms with Crippen molar-refractivity contribution in [2.45, 2.75) is 52.3 Å². The van der Waals surface area contributed by atoms with Crippen molar-refractivity contribution >= 4 is 29.1 Å². The second-order valence-corrected chi connectivity index (χ2v) is 7.40. The topological polar surface area (TPSA) is 58.6 Å². The van der Waals surface area contributed by atoms with E-state index < -0.39 is 6.10 Å². The quantitative estimate of drug-likeness (QED) is 0.777. The number of anilines is 1. The summed E-state index contributed by atoms with van der Waals surface area (Å²) in [4.78, 5) is 27.3. The third-order valence-electron chi connectivity index (χ3n) is 5.10. The molecule has 3 rings (SSSR count). The van der Waals surface area contributed by atoms with Crippen LogP contribution in [-0.2, 0) is 11.3 Å². The van der Waals surface area contributed by atoms with Crippen LogP contribution in [0, 0.1) is 0 Å². The van der Waals surface area contributed by atoms with E-state index in [0.717, 1.165) is 12.0 Å². The highest BCUT2D eigenvalue weighted by molar-refractivity contribution is 6.34. The Morgan fingerprint density at radius 3 is 2.71 bits per heavy atom. The Balaban J connectivity index is 1.88. The van der Waals surface area contributed by atoms with Crippen LogP contribution >= 0.6 is 11.6 Å². The van der Waals surface area contributed by atoms with Gasteiger partial charge in [-0.2, -0.15) is 0 Å². The lowest BCUT2D eigenvalue weighted by Crippen LogP contribution is -2.43. The van der Waals surface area contributed by atoms with Crippen LogP contribution in [0.1, 0.15) is 49.5 Å². The molecule has 1 aliphatic rings. The average molecular weight is 401 g/mol. The first-order valence-corrected chi connectivity index (χ1v) is 9.98. The van der Waals surface area contributed by atoms with Crippen molar-refractivity contribution < 1.29 is 14.3 Å². The molecule has 0 aliphatic carbocycles. The van der Waals surface area contributed by atoms with Crippen molar-refractivity contribution in [1.82, 2.24) is 4.90 Å². The van der Waals surface area contributed by atoms with Gasteiger partial charge < -0.3 is 15.0 Å². The molecule has 0 radical (unpaired) electrons. The standard InChI is InChI=1S/C22H25ClN2O3/c1-4-14(3)25-13-15-12-16(10-11-20(15)28-19(5-2)22(25)27)24-21(26)17-8-6-7-9-18(17)23/h6-12,14,19H,4-5,13H2,1-3H3,(H,24,26). The van der Waals surface area contributed by atoms with Gasteiger partial charge in [0.25, 0.3) is 11.8 Å². The van der Waals surface area contributed by atoms with E-state index in [4.69, 9.17) is 16.3 Å². The van der Waals surface area contributed by atoms with E-state index in [0.29, 0.717) is 35.0 Å². The first kappa shape index (κ1) is 20.2. The molecule has 2 unspecified atom stereocenters. The van der Waals surface area contributed by atoms with E-state index in [9.17, 15) is 9.59 Å². The molecule has 1 N–H and O–H groups in total. The summed E-state index contributed by atoms with van der Waals surface area (Å²) >= 11 is 6.12. The highest BCUT2D eigenvalue weighted by Gasteiger charge is 2.32. The van der Waals surface area contributed by atoms with Crippen LogP contribution in [0.2, 0.25) is 5.02 Å². The Morgan fingerprint density at radius 1 is 1.29 bits per heavy atom. The SMILES string of the molecule is CCC1Oc2ccc(NC(=O)c3ccccc3Cl)cc2CN(C(C)CC)C1=O. The number of fused-ring (bicyclic) bond motifs is 1. The van der Waals surface area contributed by atoms with Gasteiger partial charge in [-0.3, -0.25) is 9.59 Å². The van der Waals surface area contributed by atoms with Crippen LogP contribution < -0.4 is 10.1 Å². The lowest BCUT2D eigenvalue weighted by Gasteiger charge is -2.28. The van der Waals surface area contributed by atoms with E-state index in [1.807, 2.05) is 30.9 Å². The smallest absolute Gasteiger partial charge is 0.264 e. The first-order valence-electron chi connectivity index (χ1n) is 9.60. The predicted octanol–water partition coefficient (Wildman–Crippen LogP) is 4.89. The Hall–Kier alpha value is -2.53. The second-order valence-electron chi connectivity index (χ2n) is 6.99. The molecule has 0 fully saturated rings. The summed E-state index contributed by atoms with van der Waals surface area (Å²) in [5, 5.41) is 3.28. The van der Waals surface area contributed by atoms with Crippen molar-refractivity contribution in [3.8, 4) is 5.75 Å². The molecule has 2 amide bonds. The zero-order valence-corrected chi connectivity index (χ0v) is 17.1. The molecule has 6 heteroatoms.